The highest BCUT2D eigenvalue weighted by atomic mass is 16.4. The monoisotopic (exact) mass is 338 g/mol. The molecule has 1 fully saturated rings. The summed E-state index contributed by atoms with van der Waals surface area (Å²) in [5.41, 5.74) is 3.24. The third kappa shape index (κ3) is 3.46. The molecular formula is C18H22N6O. The Kier molecular flexibility index (Phi) is 4.31. The molecule has 3 aromatic heterocycles. The van der Waals surface area contributed by atoms with E-state index in [0.717, 1.165) is 49.6 Å². The molecule has 0 bridgehead atoms. The highest BCUT2D eigenvalue weighted by Crippen LogP contribution is 2.29. The second-order valence-corrected chi connectivity index (χ2v) is 6.67. The van der Waals surface area contributed by atoms with E-state index < -0.39 is 0 Å². The van der Waals surface area contributed by atoms with Gasteiger partial charge < -0.3 is 4.42 Å². The van der Waals surface area contributed by atoms with Crippen LogP contribution in [0.3, 0.4) is 0 Å². The van der Waals surface area contributed by atoms with Crippen molar-refractivity contribution in [1.82, 2.24) is 29.9 Å². The molecule has 0 aromatic carbocycles. The number of hydrogen-bond acceptors (Lipinski definition) is 6. The molecule has 1 saturated heterocycles. The Morgan fingerprint density at radius 3 is 3.00 bits per heavy atom. The number of aryl methyl sites for hydroxylation is 2. The van der Waals surface area contributed by atoms with E-state index in [4.69, 9.17) is 4.42 Å². The van der Waals surface area contributed by atoms with Gasteiger partial charge in [-0.15, -0.1) is 10.2 Å². The third-order valence-electron chi connectivity index (χ3n) is 4.71. The van der Waals surface area contributed by atoms with Crippen LogP contribution in [0, 0.1) is 6.92 Å². The molecule has 1 unspecified atom stereocenters. The first-order chi connectivity index (χ1) is 12.2. The molecule has 1 aliphatic rings. The Morgan fingerprint density at radius 2 is 2.24 bits per heavy atom. The van der Waals surface area contributed by atoms with Gasteiger partial charge in [-0.2, -0.15) is 5.10 Å². The van der Waals surface area contributed by atoms with Crippen LogP contribution in [0.4, 0.5) is 0 Å². The second kappa shape index (κ2) is 6.76. The predicted molar refractivity (Wildman–Crippen MR) is 92.7 cm³/mol. The molecule has 0 N–H and O–H groups in total. The van der Waals surface area contributed by atoms with Gasteiger partial charge in [-0.1, -0.05) is 0 Å². The molecule has 1 atom stereocenters. The Bertz CT molecular complexity index is 840. The van der Waals surface area contributed by atoms with Crippen LogP contribution >= 0.6 is 0 Å². The molecule has 3 aromatic rings. The number of aromatic nitrogens is 5. The van der Waals surface area contributed by atoms with Crippen molar-refractivity contribution in [3.63, 3.8) is 0 Å². The van der Waals surface area contributed by atoms with E-state index in [-0.39, 0.29) is 5.92 Å². The number of nitrogens with zero attached hydrogens (tertiary/aromatic N) is 6. The molecule has 4 heterocycles. The summed E-state index contributed by atoms with van der Waals surface area (Å²) in [5, 5.41) is 12.9. The van der Waals surface area contributed by atoms with Crippen LogP contribution < -0.4 is 0 Å². The third-order valence-corrected chi connectivity index (χ3v) is 4.71. The zero-order valence-corrected chi connectivity index (χ0v) is 14.6. The van der Waals surface area contributed by atoms with Gasteiger partial charge in [0.1, 0.15) is 0 Å². The van der Waals surface area contributed by atoms with Gasteiger partial charge in [0, 0.05) is 44.3 Å². The summed E-state index contributed by atoms with van der Waals surface area (Å²) in [7, 11) is 1.97. The first-order valence-corrected chi connectivity index (χ1v) is 8.64. The standard InChI is InChI=1S/C18H22N6O/c1-13-16(10-23(2)22-13)12-24-8-4-6-15(11-24)18-21-20-17(25-18)14-5-3-7-19-9-14/h3,5,7,9-10,15H,4,6,8,11-12H2,1-2H3. The summed E-state index contributed by atoms with van der Waals surface area (Å²) in [6.45, 7) is 5.01. The maximum atomic E-state index is 5.93. The molecule has 25 heavy (non-hydrogen) atoms. The quantitative estimate of drug-likeness (QED) is 0.728. The van der Waals surface area contributed by atoms with Gasteiger partial charge in [0.05, 0.1) is 17.2 Å². The Labute approximate surface area is 146 Å². The largest absolute Gasteiger partial charge is 0.420 e. The van der Waals surface area contributed by atoms with E-state index in [9.17, 15) is 0 Å². The average molecular weight is 338 g/mol. The van der Waals surface area contributed by atoms with Crippen molar-refractivity contribution in [3.05, 3.63) is 47.9 Å². The molecule has 0 radical (unpaired) electrons. The normalized spacial score (nSPS) is 18.6. The van der Waals surface area contributed by atoms with Crippen molar-refractivity contribution >= 4 is 0 Å². The highest BCUT2D eigenvalue weighted by molar-refractivity contribution is 5.50. The van der Waals surface area contributed by atoms with Gasteiger partial charge in [-0.3, -0.25) is 14.6 Å². The van der Waals surface area contributed by atoms with E-state index in [1.54, 1.807) is 12.4 Å². The lowest BCUT2D eigenvalue weighted by Gasteiger charge is -2.30. The Balaban J connectivity index is 1.46. The van der Waals surface area contributed by atoms with Crippen LogP contribution in [0.5, 0.6) is 0 Å². The molecule has 0 amide bonds. The lowest BCUT2D eigenvalue weighted by atomic mass is 9.97. The average Bonchev–Trinajstić information content (AvgIpc) is 3.23. The van der Waals surface area contributed by atoms with Crippen molar-refractivity contribution in [1.29, 1.82) is 0 Å². The number of rotatable bonds is 4. The highest BCUT2D eigenvalue weighted by Gasteiger charge is 2.26. The zero-order valence-electron chi connectivity index (χ0n) is 14.6. The summed E-state index contributed by atoms with van der Waals surface area (Å²) >= 11 is 0. The van der Waals surface area contributed by atoms with Crippen molar-refractivity contribution in [2.45, 2.75) is 32.2 Å². The van der Waals surface area contributed by atoms with Gasteiger partial charge in [-0.25, -0.2) is 0 Å². The molecule has 0 spiro atoms. The molecule has 7 nitrogen and oxygen atoms in total. The summed E-state index contributed by atoms with van der Waals surface area (Å²) in [6.07, 6.45) is 7.80. The second-order valence-electron chi connectivity index (χ2n) is 6.67. The minimum absolute atomic E-state index is 0.281. The number of hydrogen-bond donors (Lipinski definition) is 0. The fourth-order valence-corrected chi connectivity index (χ4v) is 3.45. The molecule has 130 valence electrons. The van der Waals surface area contributed by atoms with Crippen molar-refractivity contribution in [2.24, 2.45) is 7.05 Å². The van der Waals surface area contributed by atoms with Gasteiger partial charge in [0.2, 0.25) is 11.8 Å². The molecule has 1 aliphatic heterocycles. The zero-order chi connectivity index (χ0) is 17.2. The molecule has 0 saturated carbocycles. The Hall–Kier alpha value is -2.54. The SMILES string of the molecule is Cc1nn(C)cc1CN1CCCC(c2nnc(-c3cccnc3)o2)C1. The number of pyridine rings is 1. The van der Waals surface area contributed by atoms with Crippen LogP contribution in [0.2, 0.25) is 0 Å². The maximum Gasteiger partial charge on any atom is 0.249 e. The molecule has 7 heteroatoms. The van der Waals surface area contributed by atoms with E-state index in [1.807, 2.05) is 23.9 Å². The summed E-state index contributed by atoms with van der Waals surface area (Å²) in [5.74, 6) is 1.55. The smallest absolute Gasteiger partial charge is 0.249 e. The number of piperidine rings is 1. The van der Waals surface area contributed by atoms with Crippen LogP contribution in [0.1, 0.15) is 35.9 Å². The van der Waals surface area contributed by atoms with Crippen LogP contribution in [0.15, 0.2) is 35.1 Å². The van der Waals surface area contributed by atoms with E-state index in [0.29, 0.717) is 5.89 Å². The van der Waals surface area contributed by atoms with E-state index in [1.165, 1.54) is 5.56 Å². The molecule has 0 aliphatic carbocycles. The van der Waals surface area contributed by atoms with Gasteiger partial charge in [-0.05, 0) is 38.4 Å². The Morgan fingerprint density at radius 1 is 1.32 bits per heavy atom. The fourth-order valence-electron chi connectivity index (χ4n) is 3.45. The van der Waals surface area contributed by atoms with Crippen molar-refractivity contribution in [2.75, 3.05) is 13.1 Å². The lowest BCUT2D eigenvalue weighted by molar-refractivity contribution is 0.186. The van der Waals surface area contributed by atoms with E-state index in [2.05, 4.69) is 38.3 Å². The van der Waals surface area contributed by atoms with Crippen LogP contribution in [-0.4, -0.2) is 43.0 Å². The first kappa shape index (κ1) is 16.0. The first-order valence-electron chi connectivity index (χ1n) is 8.64. The van der Waals surface area contributed by atoms with Crippen LogP contribution in [0.25, 0.3) is 11.5 Å². The number of likely N-dealkylation sites (tertiary alicyclic amines) is 1. The minimum atomic E-state index is 0.281. The van der Waals surface area contributed by atoms with Gasteiger partial charge >= 0.3 is 0 Å². The van der Waals surface area contributed by atoms with Gasteiger partial charge in [0.15, 0.2) is 0 Å². The van der Waals surface area contributed by atoms with E-state index >= 15 is 0 Å². The summed E-state index contributed by atoms with van der Waals surface area (Å²) in [4.78, 5) is 6.56. The molecular weight excluding hydrogens is 316 g/mol. The van der Waals surface area contributed by atoms with Crippen LogP contribution in [-0.2, 0) is 13.6 Å². The maximum absolute atomic E-state index is 5.93. The molecule has 4 rings (SSSR count). The lowest BCUT2D eigenvalue weighted by Crippen LogP contribution is -2.34. The summed E-state index contributed by atoms with van der Waals surface area (Å²) < 4.78 is 7.81. The minimum Gasteiger partial charge on any atom is -0.420 e. The van der Waals surface area contributed by atoms with Crippen molar-refractivity contribution in [3.8, 4) is 11.5 Å². The van der Waals surface area contributed by atoms with Crippen molar-refractivity contribution < 1.29 is 4.42 Å². The van der Waals surface area contributed by atoms with Gasteiger partial charge in [0.25, 0.3) is 0 Å². The predicted octanol–water partition coefficient (Wildman–Crippen LogP) is 2.55. The fraction of sp³-hybridized carbons (Fsp3) is 0.444. The summed E-state index contributed by atoms with van der Waals surface area (Å²) in [6, 6.07) is 3.81. The topological polar surface area (TPSA) is 72.9 Å².